The zero-order valence-electron chi connectivity index (χ0n) is 11.4. The molecule has 0 aromatic carbocycles. The molecule has 1 N–H and O–H groups in total. The molecule has 4 heteroatoms. The lowest BCUT2D eigenvalue weighted by Crippen LogP contribution is -2.29. The van der Waals surface area contributed by atoms with Crippen LogP contribution in [0.1, 0.15) is 38.9 Å². The van der Waals surface area contributed by atoms with Gasteiger partial charge in [-0.3, -0.25) is 0 Å². The SMILES string of the molecule is CC(O)c1cccnc1N1CCSC(C)(C)CC1. The summed E-state index contributed by atoms with van der Waals surface area (Å²) in [4.78, 5) is 6.78. The highest BCUT2D eigenvalue weighted by molar-refractivity contribution is 8.00. The average Bonchev–Trinajstić information content (AvgIpc) is 2.50. The summed E-state index contributed by atoms with van der Waals surface area (Å²) in [5.41, 5.74) is 0.933. The van der Waals surface area contributed by atoms with Crippen LogP contribution in [0.15, 0.2) is 18.3 Å². The van der Waals surface area contributed by atoms with Gasteiger partial charge in [0.05, 0.1) is 6.10 Å². The molecule has 1 atom stereocenters. The van der Waals surface area contributed by atoms with Gasteiger partial charge >= 0.3 is 0 Å². The van der Waals surface area contributed by atoms with Crippen molar-refractivity contribution in [3.63, 3.8) is 0 Å². The molecule has 1 aromatic heterocycles. The fraction of sp³-hybridized carbons (Fsp3) is 0.643. The highest BCUT2D eigenvalue weighted by Gasteiger charge is 2.25. The molecule has 1 fully saturated rings. The van der Waals surface area contributed by atoms with E-state index in [1.54, 1.807) is 6.92 Å². The van der Waals surface area contributed by atoms with E-state index in [9.17, 15) is 5.11 Å². The van der Waals surface area contributed by atoms with Crippen LogP contribution in [0.3, 0.4) is 0 Å². The molecule has 0 saturated carbocycles. The fourth-order valence-electron chi connectivity index (χ4n) is 2.23. The molecule has 100 valence electrons. The minimum atomic E-state index is -0.461. The number of nitrogens with zero attached hydrogens (tertiary/aromatic N) is 2. The second-order valence-corrected chi connectivity index (χ2v) is 7.24. The third-order valence-corrected chi connectivity index (χ3v) is 4.78. The molecular weight excluding hydrogens is 244 g/mol. The molecule has 18 heavy (non-hydrogen) atoms. The number of thioether (sulfide) groups is 1. The van der Waals surface area contributed by atoms with Crippen molar-refractivity contribution >= 4 is 17.6 Å². The minimum absolute atomic E-state index is 0.342. The summed E-state index contributed by atoms with van der Waals surface area (Å²) in [5.74, 6) is 2.06. The molecule has 0 amide bonds. The Morgan fingerprint density at radius 2 is 2.22 bits per heavy atom. The number of aliphatic hydroxyl groups is 1. The summed E-state index contributed by atoms with van der Waals surface area (Å²) in [7, 11) is 0. The molecule has 1 aliphatic heterocycles. The maximum atomic E-state index is 9.84. The van der Waals surface area contributed by atoms with Gasteiger partial charge in [-0.1, -0.05) is 19.9 Å². The van der Waals surface area contributed by atoms with E-state index in [2.05, 4.69) is 23.7 Å². The quantitative estimate of drug-likeness (QED) is 0.893. The van der Waals surface area contributed by atoms with E-state index in [1.807, 2.05) is 30.1 Å². The van der Waals surface area contributed by atoms with Gasteiger partial charge in [0.2, 0.25) is 0 Å². The van der Waals surface area contributed by atoms with E-state index in [1.165, 1.54) is 0 Å². The molecular formula is C14H22N2OS. The maximum Gasteiger partial charge on any atom is 0.134 e. The minimum Gasteiger partial charge on any atom is -0.389 e. The predicted molar refractivity (Wildman–Crippen MR) is 78.2 cm³/mol. The van der Waals surface area contributed by atoms with Gasteiger partial charge in [-0.2, -0.15) is 11.8 Å². The van der Waals surface area contributed by atoms with Crippen LogP contribution in [0.25, 0.3) is 0 Å². The van der Waals surface area contributed by atoms with Gasteiger partial charge in [0.1, 0.15) is 5.82 Å². The zero-order chi connectivity index (χ0) is 13.2. The van der Waals surface area contributed by atoms with Crippen LogP contribution in [0, 0.1) is 0 Å². The van der Waals surface area contributed by atoms with Crippen molar-refractivity contribution in [1.82, 2.24) is 4.98 Å². The van der Waals surface area contributed by atoms with E-state index in [0.29, 0.717) is 4.75 Å². The highest BCUT2D eigenvalue weighted by Crippen LogP contribution is 2.33. The van der Waals surface area contributed by atoms with Gasteiger partial charge in [-0.15, -0.1) is 0 Å². The Labute approximate surface area is 114 Å². The van der Waals surface area contributed by atoms with Crippen molar-refractivity contribution in [2.75, 3.05) is 23.7 Å². The van der Waals surface area contributed by atoms with Crippen molar-refractivity contribution in [3.05, 3.63) is 23.9 Å². The normalized spacial score (nSPS) is 21.4. The third kappa shape index (κ3) is 3.18. The molecule has 2 rings (SSSR count). The van der Waals surface area contributed by atoms with Crippen molar-refractivity contribution < 1.29 is 5.11 Å². The number of anilines is 1. The van der Waals surface area contributed by atoms with Crippen LogP contribution in [0.5, 0.6) is 0 Å². The summed E-state index contributed by atoms with van der Waals surface area (Å²) in [6.45, 7) is 8.42. The Morgan fingerprint density at radius 3 is 2.94 bits per heavy atom. The van der Waals surface area contributed by atoms with Gasteiger partial charge < -0.3 is 10.0 Å². The monoisotopic (exact) mass is 266 g/mol. The molecule has 3 nitrogen and oxygen atoms in total. The summed E-state index contributed by atoms with van der Waals surface area (Å²) < 4.78 is 0.342. The molecule has 2 heterocycles. The fourth-order valence-corrected chi connectivity index (χ4v) is 3.33. The van der Waals surface area contributed by atoms with Gasteiger partial charge in [0.25, 0.3) is 0 Å². The summed E-state index contributed by atoms with van der Waals surface area (Å²) >= 11 is 2.02. The first-order valence-electron chi connectivity index (χ1n) is 6.51. The Bertz CT molecular complexity index is 407. The Balaban J connectivity index is 2.21. The standard InChI is InChI=1S/C14H22N2OS/c1-11(17)12-5-4-7-15-13(12)16-8-6-14(2,3)18-10-9-16/h4-5,7,11,17H,6,8-10H2,1-3H3. The first-order chi connectivity index (χ1) is 8.49. The van der Waals surface area contributed by atoms with Crippen molar-refractivity contribution in [3.8, 4) is 0 Å². The number of pyridine rings is 1. The van der Waals surface area contributed by atoms with Gasteiger partial charge in [-0.05, 0) is 19.4 Å². The van der Waals surface area contributed by atoms with E-state index >= 15 is 0 Å². The number of hydrogen-bond donors (Lipinski definition) is 1. The second-order valence-electron chi connectivity index (χ2n) is 5.44. The van der Waals surface area contributed by atoms with Crippen molar-refractivity contribution in [2.24, 2.45) is 0 Å². The smallest absolute Gasteiger partial charge is 0.134 e. The van der Waals surface area contributed by atoms with Crippen molar-refractivity contribution in [1.29, 1.82) is 0 Å². The third-order valence-electron chi connectivity index (χ3n) is 3.40. The summed E-state index contributed by atoms with van der Waals surface area (Å²) in [6, 6.07) is 3.86. The lowest BCUT2D eigenvalue weighted by molar-refractivity contribution is 0.199. The molecule has 0 spiro atoms. The average molecular weight is 266 g/mol. The van der Waals surface area contributed by atoms with Gasteiger partial charge in [-0.25, -0.2) is 4.98 Å². The van der Waals surface area contributed by atoms with E-state index < -0.39 is 6.10 Å². The molecule has 1 unspecified atom stereocenters. The van der Waals surface area contributed by atoms with Crippen LogP contribution < -0.4 is 4.90 Å². The van der Waals surface area contributed by atoms with Crippen LogP contribution in [-0.4, -0.2) is 33.7 Å². The Morgan fingerprint density at radius 1 is 1.44 bits per heavy atom. The van der Waals surface area contributed by atoms with Crippen LogP contribution in [0.2, 0.25) is 0 Å². The van der Waals surface area contributed by atoms with E-state index in [4.69, 9.17) is 0 Å². The van der Waals surface area contributed by atoms with Gasteiger partial charge in [0, 0.05) is 35.3 Å². The largest absolute Gasteiger partial charge is 0.389 e. The van der Waals surface area contributed by atoms with E-state index in [-0.39, 0.29) is 0 Å². The topological polar surface area (TPSA) is 36.4 Å². The Kier molecular flexibility index (Phi) is 4.17. The number of aliphatic hydroxyl groups excluding tert-OH is 1. The van der Waals surface area contributed by atoms with Gasteiger partial charge in [0.15, 0.2) is 0 Å². The zero-order valence-corrected chi connectivity index (χ0v) is 12.2. The summed E-state index contributed by atoms with van der Waals surface area (Å²) in [6.07, 6.45) is 2.50. The number of hydrogen-bond acceptors (Lipinski definition) is 4. The van der Waals surface area contributed by atoms with E-state index in [0.717, 1.165) is 36.6 Å². The molecule has 1 aliphatic rings. The number of aromatic nitrogens is 1. The highest BCUT2D eigenvalue weighted by atomic mass is 32.2. The molecule has 1 saturated heterocycles. The lowest BCUT2D eigenvalue weighted by Gasteiger charge is -2.25. The number of rotatable bonds is 2. The van der Waals surface area contributed by atoms with Crippen LogP contribution in [-0.2, 0) is 0 Å². The molecule has 0 bridgehead atoms. The lowest BCUT2D eigenvalue weighted by atomic mass is 10.1. The summed E-state index contributed by atoms with van der Waals surface area (Å²) in [5, 5.41) is 9.84. The molecule has 1 aromatic rings. The first-order valence-corrected chi connectivity index (χ1v) is 7.50. The molecule has 0 aliphatic carbocycles. The maximum absolute atomic E-state index is 9.84. The molecule has 0 radical (unpaired) electrons. The van der Waals surface area contributed by atoms with Crippen LogP contribution >= 0.6 is 11.8 Å². The predicted octanol–water partition coefficient (Wildman–Crippen LogP) is 2.86. The van der Waals surface area contributed by atoms with Crippen LogP contribution in [0.4, 0.5) is 5.82 Å². The first kappa shape index (κ1) is 13.7. The van der Waals surface area contributed by atoms with Crippen molar-refractivity contribution in [2.45, 2.75) is 38.0 Å². The second kappa shape index (κ2) is 5.49. The Hall–Kier alpha value is -0.740.